The highest BCUT2D eigenvalue weighted by Crippen LogP contribution is 2.36. The number of rotatable bonds is 5. The van der Waals surface area contributed by atoms with Crippen molar-refractivity contribution in [2.24, 2.45) is 0 Å². The molecule has 0 bridgehead atoms. The van der Waals surface area contributed by atoms with Crippen LogP contribution >= 0.6 is 55.2 Å². The first kappa shape index (κ1) is 16.5. The van der Waals surface area contributed by atoms with Crippen molar-refractivity contribution in [3.63, 3.8) is 0 Å². The van der Waals surface area contributed by atoms with Gasteiger partial charge in [-0.1, -0.05) is 0 Å². The Morgan fingerprint density at radius 3 is 2.22 bits per heavy atom. The number of alkyl halides is 4. The van der Waals surface area contributed by atoms with Crippen molar-refractivity contribution in [1.29, 1.82) is 0 Å². The lowest BCUT2D eigenvalue weighted by atomic mass is 10.2. The van der Waals surface area contributed by atoms with Crippen LogP contribution < -0.4 is 4.74 Å². The molecule has 102 valence electrons. The predicted octanol–water partition coefficient (Wildman–Crippen LogP) is 5.58. The Hall–Kier alpha value is 0.410. The summed E-state index contributed by atoms with van der Waals surface area (Å²) < 4.78 is 42.4. The fourth-order valence-electron chi connectivity index (χ4n) is 1.13. The molecule has 8 heteroatoms. The van der Waals surface area contributed by atoms with Crippen molar-refractivity contribution >= 4 is 55.2 Å². The molecule has 0 atom stereocenters. The number of benzene rings is 1. The zero-order valence-electron chi connectivity index (χ0n) is 8.86. The minimum Gasteiger partial charge on any atom is -0.490 e. The summed E-state index contributed by atoms with van der Waals surface area (Å²) >= 11 is 12.2. The van der Waals surface area contributed by atoms with E-state index < -0.39 is 5.51 Å². The second-order valence-corrected chi connectivity index (χ2v) is 6.30. The third-order valence-corrected chi connectivity index (χ3v) is 3.99. The Bertz CT molecular complexity index is 392. The van der Waals surface area contributed by atoms with Gasteiger partial charge >= 0.3 is 5.51 Å². The maximum absolute atomic E-state index is 11.9. The van der Waals surface area contributed by atoms with Crippen LogP contribution in [0.5, 0.6) is 5.75 Å². The predicted molar refractivity (Wildman–Crippen MR) is 75.4 cm³/mol. The topological polar surface area (TPSA) is 9.23 Å². The summed E-state index contributed by atoms with van der Waals surface area (Å²) in [4.78, 5) is 0. The molecule has 0 heterocycles. The highest BCUT2D eigenvalue weighted by molar-refractivity contribution is 9.11. The average molecular weight is 428 g/mol. The second-order valence-electron chi connectivity index (χ2n) is 3.16. The number of hydrogen-bond acceptors (Lipinski definition) is 2. The molecule has 18 heavy (non-hydrogen) atoms. The first-order chi connectivity index (χ1) is 8.33. The van der Waals surface area contributed by atoms with Crippen LogP contribution in [0.3, 0.4) is 0 Å². The summed E-state index contributed by atoms with van der Waals surface area (Å²) in [5.41, 5.74) is -3.34. The number of halogens is 6. The third kappa shape index (κ3) is 5.59. The molecule has 0 aliphatic carbocycles. The molecule has 0 aromatic heterocycles. The molecular weight excluding hydrogens is 420 g/mol. The Morgan fingerprint density at radius 2 is 1.78 bits per heavy atom. The highest BCUT2D eigenvalue weighted by Gasteiger charge is 2.27. The lowest BCUT2D eigenvalue weighted by Crippen LogP contribution is -2.08. The summed E-state index contributed by atoms with van der Waals surface area (Å²) in [6, 6.07) is 3.54. The van der Waals surface area contributed by atoms with Gasteiger partial charge in [0.15, 0.2) is 0 Å². The van der Waals surface area contributed by atoms with Gasteiger partial charge in [0.1, 0.15) is 5.75 Å². The minimum atomic E-state index is -4.22. The molecular formula is C10H8Br2ClF3OS. The normalized spacial score (nSPS) is 11.7. The maximum atomic E-state index is 11.9. The van der Waals surface area contributed by atoms with Crippen LogP contribution in [0.25, 0.3) is 0 Å². The van der Waals surface area contributed by atoms with Crippen molar-refractivity contribution in [1.82, 2.24) is 0 Å². The van der Waals surface area contributed by atoms with E-state index in [0.29, 0.717) is 20.6 Å². The standard InChI is InChI=1S/C10H8Br2ClF3OS/c11-7-3-6(5-13)4-8(12)9(7)17-1-2-18-10(14,15)16/h3-4H,1-2,5H2. The van der Waals surface area contributed by atoms with Crippen LogP contribution in [0.2, 0.25) is 0 Å². The number of hydrogen-bond donors (Lipinski definition) is 0. The van der Waals surface area contributed by atoms with Crippen LogP contribution in [0, 0.1) is 0 Å². The lowest BCUT2D eigenvalue weighted by molar-refractivity contribution is -0.0329. The molecule has 1 aromatic rings. The molecule has 0 N–H and O–H groups in total. The van der Waals surface area contributed by atoms with Gasteiger partial charge < -0.3 is 4.74 Å². The number of ether oxygens (including phenoxy) is 1. The second kappa shape index (κ2) is 7.26. The SMILES string of the molecule is FC(F)(F)SCCOc1c(Br)cc(CCl)cc1Br. The Balaban J connectivity index is 2.57. The first-order valence-corrected chi connectivity index (χ1v) is 7.81. The smallest absolute Gasteiger partial charge is 0.441 e. The molecule has 1 rings (SSSR count). The molecule has 1 nitrogen and oxygen atoms in total. The van der Waals surface area contributed by atoms with Crippen LogP contribution in [0.1, 0.15) is 5.56 Å². The van der Waals surface area contributed by atoms with Crippen molar-refractivity contribution in [3.05, 3.63) is 26.6 Å². The zero-order chi connectivity index (χ0) is 13.8. The first-order valence-electron chi connectivity index (χ1n) is 4.71. The van der Waals surface area contributed by atoms with Crippen LogP contribution in [0.4, 0.5) is 13.2 Å². The van der Waals surface area contributed by atoms with E-state index in [2.05, 4.69) is 31.9 Å². The third-order valence-electron chi connectivity index (χ3n) is 1.81. The summed E-state index contributed by atoms with van der Waals surface area (Å²) in [6.45, 7) is -0.0262. The molecule has 0 saturated heterocycles. The van der Waals surface area contributed by atoms with Crippen molar-refractivity contribution < 1.29 is 17.9 Å². The molecule has 0 aliphatic rings. The fourth-order valence-corrected chi connectivity index (χ4v) is 3.19. The largest absolute Gasteiger partial charge is 0.490 e. The van der Waals surface area contributed by atoms with Gasteiger partial charge in [0.25, 0.3) is 0 Å². The summed E-state index contributed by atoms with van der Waals surface area (Å²) in [7, 11) is 0. The summed E-state index contributed by atoms with van der Waals surface area (Å²) in [6.07, 6.45) is 0. The van der Waals surface area contributed by atoms with E-state index in [1.165, 1.54) is 0 Å². The van der Waals surface area contributed by atoms with Gasteiger partial charge in [0.05, 0.1) is 15.6 Å². The van der Waals surface area contributed by atoms with Crippen molar-refractivity contribution in [3.8, 4) is 5.75 Å². The fraction of sp³-hybridized carbons (Fsp3) is 0.400. The minimum absolute atomic E-state index is 0.0262. The van der Waals surface area contributed by atoms with E-state index in [9.17, 15) is 13.2 Å². The molecule has 0 aliphatic heterocycles. The Kier molecular flexibility index (Phi) is 6.64. The van der Waals surface area contributed by atoms with E-state index in [0.717, 1.165) is 5.56 Å². The molecule has 0 saturated carbocycles. The van der Waals surface area contributed by atoms with Gasteiger partial charge in [0, 0.05) is 11.6 Å². The van der Waals surface area contributed by atoms with E-state index in [1.54, 1.807) is 12.1 Å². The Morgan fingerprint density at radius 1 is 1.22 bits per heavy atom. The van der Waals surface area contributed by atoms with Gasteiger partial charge in [-0.25, -0.2) is 0 Å². The molecule has 0 unspecified atom stereocenters. The molecule has 0 fully saturated rings. The van der Waals surface area contributed by atoms with Crippen molar-refractivity contribution in [2.75, 3.05) is 12.4 Å². The van der Waals surface area contributed by atoms with E-state index in [1.807, 2.05) is 0 Å². The maximum Gasteiger partial charge on any atom is 0.441 e. The Labute approximate surface area is 129 Å². The van der Waals surface area contributed by atoms with Gasteiger partial charge in [-0.05, 0) is 61.3 Å². The summed E-state index contributed by atoms with van der Waals surface area (Å²) in [5, 5.41) is 0. The summed E-state index contributed by atoms with van der Waals surface area (Å²) in [5.74, 6) is 0.674. The average Bonchev–Trinajstić information content (AvgIpc) is 2.25. The van der Waals surface area contributed by atoms with E-state index >= 15 is 0 Å². The van der Waals surface area contributed by atoms with Crippen LogP contribution in [0.15, 0.2) is 21.1 Å². The highest BCUT2D eigenvalue weighted by atomic mass is 79.9. The van der Waals surface area contributed by atoms with Gasteiger partial charge in [0.2, 0.25) is 0 Å². The van der Waals surface area contributed by atoms with Gasteiger partial charge in [-0.3, -0.25) is 0 Å². The molecule has 1 aromatic carbocycles. The zero-order valence-corrected chi connectivity index (χ0v) is 13.6. The van der Waals surface area contributed by atoms with E-state index in [-0.39, 0.29) is 24.1 Å². The monoisotopic (exact) mass is 426 g/mol. The van der Waals surface area contributed by atoms with Crippen LogP contribution in [-0.4, -0.2) is 17.9 Å². The van der Waals surface area contributed by atoms with E-state index in [4.69, 9.17) is 16.3 Å². The molecule has 0 amide bonds. The molecule has 0 radical (unpaired) electrons. The number of thioether (sulfide) groups is 1. The van der Waals surface area contributed by atoms with Gasteiger partial charge in [-0.15, -0.1) is 11.6 Å². The molecule has 0 spiro atoms. The van der Waals surface area contributed by atoms with Gasteiger partial charge in [-0.2, -0.15) is 13.2 Å². The van der Waals surface area contributed by atoms with Crippen molar-refractivity contribution in [2.45, 2.75) is 11.4 Å². The lowest BCUT2D eigenvalue weighted by Gasteiger charge is -2.12. The van der Waals surface area contributed by atoms with Crippen LogP contribution in [-0.2, 0) is 5.88 Å². The quantitative estimate of drug-likeness (QED) is 0.447.